The lowest BCUT2D eigenvalue weighted by Gasteiger charge is -2.08. The lowest BCUT2D eigenvalue weighted by Crippen LogP contribution is -2.27. The number of rotatable bonds is 5. The molecule has 2 aromatic heterocycles. The third-order valence-electron chi connectivity index (χ3n) is 4.00. The first kappa shape index (κ1) is 15.9. The van der Waals surface area contributed by atoms with Crippen molar-refractivity contribution in [3.8, 4) is 11.1 Å². The summed E-state index contributed by atoms with van der Waals surface area (Å²) >= 11 is 0. The molecule has 0 aliphatic rings. The molecule has 1 N–H and O–H groups in total. The van der Waals surface area contributed by atoms with E-state index in [0.717, 1.165) is 17.0 Å². The molecular formula is C19H20N4O. The topological polar surface area (TPSA) is 59.8 Å². The summed E-state index contributed by atoms with van der Waals surface area (Å²) in [7, 11) is 0. The second kappa shape index (κ2) is 7.08. The molecule has 5 nitrogen and oxygen atoms in total. The second-order valence-corrected chi connectivity index (χ2v) is 5.63. The van der Waals surface area contributed by atoms with E-state index in [1.54, 1.807) is 24.5 Å². The van der Waals surface area contributed by atoms with Gasteiger partial charge in [-0.3, -0.25) is 14.5 Å². The van der Waals surface area contributed by atoms with E-state index < -0.39 is 0 Å². The number of pyridine rings is 1. The van der Waals surface area contributed by atoms with Crippen LogP contribution in [0.1, 0.15) is 21.7 Å². The van der Waals surface area contributed by atoms with Crippen molar-refractivity contribution < 1.29 is 4.79 Å². The van der Waals surface area contributed by atoms with Gasteiger partial charge < -0.3 is 5.32 Å². The molecule has 0 radical (unpaired) electrons. The number of aryl methyl sites for hydroxylation is 1. The summed E-state index contributed by atoms with van der Waals surface area (Å²) in [6.07, 6.45) is 3.23. The van der Waals surface area contributed by atoms with Crippen molar-refractivity contribution in [3.05, 3.63) is 71.8 Å². The summed E-state index contributed by atoms with van der Waals surface area (Å²) in [5.74, 6) is -0.0952. The molecule has 2 heterocycles. The number of nitrogens with zero attached hydrogens (tertiary/aromatic N) is 3. The highest BCUT2D eigenvalue weighted by Gasteiger charge is 2.13. The number of aromatic nitrogens is 3. The maximum Gasteiger partial charge on any atom is 0.251 e. The number of nitrogens with one attached hydrogen (secondary N) is 1. The van der Waals surface area contributed by atoms with Crippen LogP contribution in [0, 0.1) is 13.8 Å². The first-order chi connectivity index (χ1) is 11.7. The minimum absolute atomic E-state index is 0.0952. The Hall–Kier alpha value is -2.95. The van der Waals surface area contributed by atoms with Gasteiger partial charge in [0.05, 0.1) is 12.2 Å². The summed E-state index contributed by atoms with van der Waals surface area (Å²) in [6, 6.07) is 13.6. The monoisotopic (exact) mass is 320 g/mol. The van der Waals surface area contributed by atoms with Gasteiger partial charge in [0.2, 0.25) is 0 Å². The number of benzene rings is 1. The third kappa shape index (κ3) is 3.35. The molecule has 0 fully saturated rings. The third-order valence-corrected chi connectivity index (χ3v) is 4.00. The van der Waals surface area contributed by atoms with Gasteiger partial charge in [-0.1, -0.05) is 30.3 Å². The van der Waals surface area contributed by atoms with Crippen LogP contribution < -0.4 is 5.32 Å². The fraction of sp³-hybridized carbons (Fsp3) is 0.211. The Morgan fingerprint density at radius 3 is 2.50 bits per heavy atom. The van der Waals surface area contributed by atoms with E-state index in [2.05, 4.69) is 34.5 Å². The molecule has 0 saturated carbocycles. The highest BCUT2D eigenvalue weighted by molar-refractivity contribution is 5.93. The van der Waals surface area contributed by atoms with Crippen LogP contribution in [0.15, 0.2) is 54.9 Å². The molecule has 0 aliphatic carbocycles. The van der Waals surface area contributed by atoms with Gasteiger partial charge in [-0.25, -0.2) is 0 Å². The molecule has 3 aromatic rings. The first-order valence-corrected chi connectivity index (χ1v) is 7.94. The van der Waals surface area contributed by atoms with Crippen LogP contribution in [0.3, 0.4) is 0 Å². The highest BCUT2D eigenvalue weighted by Crippen LogP contribution is 2.26. The van der Waals surface area contributed by atoms with Crippen LogP contribution in [0.5, 0.6) is 0 Å². The van der Waals surface area contributed by atoms with Crippen LogP contribution in [0.25, 0.3) is 11.1 Å². The van der Waals surface area contributed by atoms with Gasteiger partial charge in [0.25, 0.3) is 5.91 Å². The van der Waals surface area contributed by atoms with E-state index in [-0.39, 0.29) is 5.91 Å². The maximum atomic E-state index is 12.0. The average molecular weight is 320 g/mol. The van der Waals surface area contributed by atoms with Crippen molar-refractivity contribution in [2.75, 3.05) is 6.54 Å². The number of hydrogen-bond acceptors (Lipinski definition) is 3. The fourth-order valence-electron chi connectivity index (χ4n) is 2.82. The van der Waals surface area contributed by atoms with Crippen LogP contribution in [0.2, 0.25) is 0 Å². The zero-order valence-corrected chi connectivity index (χ0v) is 13.9. The second-order valence-electron chi connectivity index (χ2n) is 5.63. The molecule has 0 atom stereocenters. The summed E-state index contributed by atoms with van der Waals surface area (Å²) in [6.45, 7) is 5.24. The van der Waals surface area contributed by atoms with Crippen molar-refractivity contribution in [1.82, 2.24) is 20.1 Å². The Morgan fingerprint density at radius 1 is 1.08 bits per heavy atom. The molecule has 5 heteroatoms. The Bertz CT molecular complexity index is 825. The lowest BCUT2D eigenvalue weighted by molar-refractivity contribution is 0.0951. The summed E-state index contributed by atoms with van der Waals surface area (Å²) < 4.78 is 1.95. The standard InChI is InChI=1S/C19H20N4O/c1-14-18(16-6-4-3-5-7-16)15(2)23(22-14)13-12-21-19(24)17-8-10-20-11-9-17/h3-11H,12-13H2,1-2H3,(H,21,24). The summed E-state index contributed by atoms with van der Waals surface area (Å²) in [5.41, 5.74) is 5.05. The van der Waals surface area contributed by atoms with Crippen molar-refractivity contribution in [3.63, 3.8) is 0 Å². The van der Waals surface area contributed by atoms with Gasteiger partial charge in [-0.15, -0.1) is 0 Å². The molecule has 0 unspecified atom stereocenters. The fourth-order valence-corrected chi connectivity index (χ4v) is 2.82. The lowest BCUT2D eigenvalue weighted by atomic mass is 10.0. The van der Waals surface area contributed by atoms with Gasteiger partial charge in [0.15, 0.2) is 0 Å². The predicted molar refractivity (Wildman–Crippen MR) is 93.7 cm³/mol. The van der Waals surface area contributed by atoms with E-state index in [1.165, 1.54) is 5.56 Å². The minimum atomic E-state index is -0.0952. The maximum absolute atomic E-state index is 12.0. The number of carbonyl (C=O) groups excluding carboxylic acids is 1. The van der Waals surface area contributed by atoms with E-state index in [0.29, 0.717) is 18.7 Å². The van der Waals surface area contributed by atoms with Crippen molar-refractivity contribution in [1.29, 1.82) is 0 Å². The number of amides is 1. The number of carbonyl (C=O) groups is 1. The SMILES string of the molecule is Cc1nn(CCNC(=O)c2ccncc2)c(C)c1-c1ccccc1. The Labute approximate surface area is 141 Å². The largest absolute Gasteiger partial charge is 0.350 e. The molecule has 0 spiro atoms. The normalized spacial score (nSPS) is 10.6. The number of hydrogen-bond donors (Lipinski definition) is 1. The molecule has 122 valence electrons. The quantitative estimate of drug-likeness (QED) is 0.786. The van der Waals surface area contributed by atoms with Crippen molar-refractivity contribution in [2.24, 2.45) is 0 Å². The van der Waals surface area contributed by atoms with Crippen LogP contribution >= 0.6 is 0 Å². The van der Waals surface area contributed by atoms with Gasteiger partial charge >= 0.3 is 0 Å². The van der Waals surface area contributed by atoms with Gasteiger partial charge in [0.1, 0.15) is 0 Å². The minimum Gasteiger partial charge on any atom is -0.350 e. The van der Waals surface area contributed by atoms with Crippen LogP contribution in [0.4, 0.5) is 0 Å². The van der Waals surface area contributed by atoms with Gasteiger partial charge in [-0.05, 0) is 31.5 Å². The zero-order chi connectivity index (χ0) is 16.9. The Balaban J connectivity index is 1.68. The van der Waals surface area contributed by atoms with Crippen molar-refractivity contribution >= 4 is 5.91 Å². The van der Waals surface area contributed by atoms with Crippen LogP contribution in [-0.4, -0.2) is 27.2 Å². The van der Waals surface area contributed by atoms with E-state index in [1.807, 2.05) is 29.8 Å². The molecule has 0 aliphatic heterocycles. The van der Waals surface area contributed by atoms with E-state index in [4.69, 9.17) is 0 Å². The average Bonchev–Trinajstić information content (AvgIpc) is 2.90. The molecule has 0 bridgehead atoms. The Morgan fingerprint density at radius 2 is 1.79 bits per heavy atom. The molecule has 24 heavy (non-hydrogen) atoms. The van der Waals surface area contributed by atoms with E-state index >= 15 is 0 Å². The zero-order valence-electron chi connectivity index (χ0n) is 13.9. The van der Waals surface area contributed by atoms with E-state index in [9.17, 15) is 4.79 Å². The Kier molecular flexibility index (Phi) is 4.70. The first-order valence-electron chi connectivity index (χ1n) is 7.94. The smallest absolute Gasteiger partial charge is 0.251 e. The van der Waals surface area contributed by atoms with Crippen LogP contribution in [-0.2, 0) is 6.54 Å². The molecule has 1 amide bonds. The predicted octanol–water partition coefficient (Wildman–Crippen LogP) is 2.99. The van der Waals surface area contributed by atoms with Gasteiger partial charge in [-0.2, -0.15) is 5.10 Å². The highest BCUT2D eigenvalue weighted by atomic mass is 16.1. The van der Waals surface area contributed by atoms with Gasteiger partial charge in [0, 0.05) is 35.8 Å². The van der Waals surface area contributed by atoms with Crippen molar-refractivity contribution in [2.45, 2.75) is 20.4 Å². The summed E-state index contributed by atoms with van der Waals surface area (Å²) in [4.78, 5) is 16.0. The molecule has 0 saturated heterocycles. The molecular weight excluding hydrogens is 300 g/mol. The molecule has 3 rings (SSSR count). The summed E-state index contributed by atoms with van der Waals surface area (Å²) in [5, 5.41) is 7.53. The molecule has 1 aromatic carbocycles.